The molecular weight excluding hydrogens is 270 g/mol. The molecule has 0 aromatic carbocycles. The van der Waals surface area contributed by atoms with Crippen LogP contribution in [-0.4, -0.2) is 15.2 Å². The van der Waals surface area contributed by atoms with Crippen LogP contribution in [0.25, 0.3) is 0 Å². The second-order valence-electron chi connectivity index (χ2n) is 4.77. The Morgan fingerprint density at radius 3 is 1.50 bits per heavy atom. The van der Waals surface area contributed by atoms with Crippen LogP contribution < -0.4 is 0 Å². The van der Waals surface area contributed by atoms with Crippen molar-refractivity contribution in [1.29, 1.82) is 0 Å². The Hall–Kier alpha value is -1.77. The third-order valence-corrected chi connectivity index (χ3v) is 2.62. The van der Waals surface area contributed by atoms with Gasteiger partial charge in [0, 0.05) is 18.6 Å². The highest BCUT2D eigenvalue weighted by molar-refractivity contribution is 5.12. The van der Waals surface area contributed by atoms with Crippen molar-refractivity contribution >= 4 is 0 Å². The number of pyridine rings is 1. The van der Waals surface area contributed by atoms with Crippen molar-refractivity contribution in [3.63, 3.8) is 0 Å². The second kappa shape index (κ2) is 15.6. The molecule has 0 radical (unpaired) electrons. The fraction of sp³-hybridized carbons (Fsp3) is 0.526. The van der Waals surface area contributed by atoms with E-state index in [9.17, 15) is 0 Å². The van der Waals surface area contributed by atoms with Crippen LogP contribution in [-0.2, 0) is 0 Å². The van der Waals surface area contributed by atoms with Gasteiger partial charge in [-0.3, -0.25) is 4.98 Å². The molecule has 2 rings (SSSR count). The van der Waals surface area contributed by atoms with Crippen LogP contribution in [0.3, 0.4) is 0 Å². The average molecular weight is 303 g/mol. The molecule has 0 bridgehead atoms. The van der Waals surface area contributed by atoms with Crippen molar-refractivity contribution in [3.8, 4) is 0 Å². The molecule has 3 heteroatoms. The first-order valence-corrected chi connectivity index (χ1v) is 8.27. The van der Waals surface area contributed by atoms with E-state index >= 15 is 0 Å². The number of rotatable bonds is 2. The van der Waals surface area contributed by atoms with Gasteiger partial charge in [-0.2, -0.15) is 10.2 Å². The highest BCUT2D eigenvalue weighted by Gasteiger charge is 1.95. The Morgan fingerprint density at radius 1 is 0.682 bits per heavy atom. The fourth-order valence-corrected chi connectivity index (χ4v) is 1.36. The van der Waals surface area contributed by atoms with E-state index in [1.165, 1.54) is 11.1 Å². The molecule has 2 aromatic heterocycles. The number of hydrogen-bond acceptors (Lipinski definition) is 3. The number of aromatic nitrogens is 3. The van der Waals surface area contributed by atoms with Gasteiger partial charge >= 0.3 is 0 Å². The quantitative estimate of drug-likeness (QED) is 0.697. The van der Waals surface area contributed by atoms with Gasteiger partial charge in [-0.25, -0.2) is 0 Å². The van der Waals surface area contributed by atoms with Crippen LogP contribution in [0, 0.1) is 0 Å². The summed E-state index contributed by atoms with van der Waals surface area (Å²) >= 11 is 0. The summed E-state index contributed by atoms with van der Waals surface area (Å²) < 4.78 is 0. The average Bonchev–Trinajstić information content (AvgIpc) is 2.60. The number of nitrogens with zero attached hydrogens (tertiary/aromatic N) is 3. The van der Waals surface area contributed by atoms with Crippen molar-refractivity contribution in [2.45, 2.75) is 67.2 Å². The summed E-state index contributed by atoms with van der Waals surface area (Å²) in [5.74, 6) is 1.15. The summed E-state index contributed by atoms with van der Waals surface area (Å²) in [5, 5.41) is 7.43. The molecule has 0 saturated heterocycles. The van der Waals surface area contributed by atoms with Gasteiger partial charge in [0.25, 0.3) is 0 Å². The topological polar surface area (TPSA) is 38.7 Å². The normalized spacial score (nSPS) is 8.82. The molecule has 0 N–H and O–H groups in total. The van der Waals surface area contributed by atoms with Gasteiger partial charge < -0.3 is 0 Å². The van der Waals surface area contributed by atoms with Crippen LogP contribution in [0.5, 0.6) is 0 Å². The van der Waals surface area contributed by atoms with E-state index in [0.29, 0.717) is 11.8 Å². The van der Waals surface area contributed by atoms with Crippen LogP contribution >= 0.6 is 0 Å². The van der Waals surface area contributed by atoms with Crippen molar-refractivity contribution in [2.75, 3.05) is 0 Å². The molecule has 0 aliphatic rings. The summed E-state index contributed by atoms with van der Waals surface area (Å²) in [5.41, 5.74) is 2.54. The largest absolute Gasteiger partial charge is 0.264 e. The monoisotopic (exact) mass is 303 g/mol. The minimum atomic E-state index is 0.556. The zero-order valence-electron chi connectivity index (χ0n) is 15.5. The van der Waals surface area contributed by atoms with E-state index in [1.807, 2.05) is 46.0 Å². The molecular formula is C19H33N3. The van der Waals surface area contributed by atoms with E-state index in [4.69, 9.17) is 0 Å². The first-order chi connectivity index (χ1) is 10.6. The van der Waals surface area contributed by atoms with Gasteiger partial charge in [-0.15, -0.1) is 0 Å². The van der Waals surface area contributed by atoms with Gasteiger partial charge in [0.2, 0.25) is 0 Å². The first-order valence-electron chi connectivity index (χ1n) is 8.27. The molecule has 0 aliphatic heterocycles. The highest BCUT2D eigenvalue weighted by Crippen LogP contribution is 2.10. The Kier molecular flexibility index (Phi) is 16.0. The summed E-state index contributed by atoms with van der Waals surface area (Å²) in [6.07, 6.45) is 7.22. The lowest BCUT2D eigenvalue weighted by Gasteiger charge is -2.00. The predicted octanol–water partition coefficient (Wildman–Crippen LogP) is 5.86. The SMILES string of the molecule is CC.CC.CC(C)c1cccnc1.CC(C)c1ccnnc1. The van der Waals surface area contributed by atoms with E-state index in [-0.39, 0.29) is 0 Å². The minimum absolute atomic E-state index is 0.556. The van der Waals surface area contributed by atoms with Crippen molar-refractivity contribution in [2.24, 2.45) is 0 Å². The lowest BCUT2D eigenvalue weighted by molar-refractivity contribution is 0.841. The number of hydrogen-bond donors (Lipinski definition) is 0. The molecule has 0 atom stereocenters. The van der Waals surface area contributed by atoms with Crippen molar-refractivity contribution in [1.82, 2.24) is 15.2 Å². The molecule has 0 unspecified atom stereocenters. The summed E-state index contributed by atoms with van der Waals surface area (Å²) in [6.45, 7) is 16.6. The van der Waals surface area contributed by atoms with E-state index in [0.717, 1.165) is 0 Å². The lowest BCUT2D eigenvalue weighted by Crippen LogP contribution is -1.88. The molecule has 0 amide bonds. The van der Waals surface area contributed by atoms with Gasteiger partial charge in [-0.05, 0) is 35.1 Å². The third kappa shape index (κ3) is 11.0. The van der Waals surface area contributed by atoms with Crippen LogP contribution in [0.15, 0.2) is 43.0 Å². The summed E-state index contributed by atoms with van der Waals surface area (Å²) in [7, 11) is 0. The van der Waals surface area contributed by atoms with Crippen LogP contribution in [0.4, 0.5) is 0 Å². The molecule has 0 saturated carbocycles. The van der Waals surface area contributed by atoms with Crippen LogP contribution in [0.1, 0.15) is 78.4 Å². The van der Waals surface area contributed by atoms with Gasteiger partial charge in [0.15, 0.2) is 0 Å². The smallest absolute Gasteiger partial charge is 0.0530 e. The first kappa shape index (κ1) is 22.5. The molecule has 2 aromatic rings. The van der Waals surface area contributed by atoms with E-state index in [1.54, 1.807) is 18.6 Å². The maximum Gasteiger partial charge on any atom is 0.0530 e. The van der Waals surface area contributed by atoms with E-state index in [2.05, 4.69) is 48.9 Å². The molecule has 124 valence electrons. The molecule has 0 fully saturated rings. The van der Waals surface area contributed by atoms with Crippen molar-refractivity contribution in [3.05, 3.63) is 54.1 Å². The third-order valence-electron chi connectivity index (χ3n) is 2.62. The maximum absolute atomic E-state index is 4.01. The van der Waals surface area contributed by atoms with E-state index < -0.39 is 0 Å². The molecule has 3 nitrogen and oxygen atoms in total. The second-order valence-corrected chi connectivity index (χ2v) is 4.77. The molecule has 22 heavy (non-hydrogen) atoms. The molecule has 0 aliphatic carbocycles. The standard InChI is InChI=1S/C8H11N.C7H10N2.2C2H6/c1-7(2)8-4-3-5-9-6-8;1-6(2)7-3-4-8-9-5-7;2*1-2/h3-7H,1-2H3;3-6H,1-2H3;2*1-2H3. The van der Waals surface area contributed by atoms with Gasteiger partial charge in [0.05, 0.1) is 6.20 Å². The highest BCUT2D eigenvalue weighted by atomic mass is 15.1. The predicted molar refractivity (Wildman–Crippen MR) is 97.1 cm³/mol. The van der Waals surface area contributed by atoms with Gasteiger partial charge in [-0.1, -0.05) is 61.5 Å². The van der Waals surface area contributed by atoms with Gasteiger partial charge in [0.1, 0.15) is 0 Å². The summed E-state index contributed by atoms with van der Waals surface area (Å²) in [4.78, 5) is 4.01. The van der Waals surface area contributed by atoms with Crippen LogP contribution in [0.2, 0.25) is 0 Å². The lowest BCUT2D eigenvalue weighted by atomic mass is 10.1. The Morgan fingerprint density at radius 2 is 1.23 bits per heavy atom. The maximum atomic E-state index is 4.01. The minimum Gasteiger partial charge on any atom is -0.264 e. The molecule has 0 spiro atoms. The molecule has 2 heterocycles. The Labute approximate surface area is 137 Å². The Balaban J connectivity index is 0. The fourth-order valence-electron chi connectivity index (χ4n) is 1.36. The van der Waals surface area contributed by atoms with Crippen molar-refractivity contribution < 1.29 is 0 Å². The summed E-state index contributed by atoms with van der Waals surface area (Å²) in [6, 6.07) is 6.05. The zero-order valence-corrected chi connectivity index (χ0v) is 15.5. The Bertz CT molecular complexity index is 381. The zero-order chi connectivity index (χ0) is 17.4.